The predicted octanol–water partition coefficient (Wildman–Crippen LogP) is 4.27. The Kier molecular flexibility index (Phi) is 5.92. The lowest BCUT2D eigenvalue weighted by molar-refractivity contribution is 0.0277. The smallest absolute Gasteiger partial charge is 0.276 e. The number of thiazole rings is 2. The van der Waals surface area contributed by atoms with Gasteiger partial charge in [0.25, 0.3) is 11.8 Å². The third-order valence-corrected chi connectivity index (χ3v) is 7.31. The average molecular weight is 479 g/mol. The van der Waals surface area contributed by atoms with Crippen molar-refractivity contribution in [2.24, 2.45) is 0 Å². The number of benzene rings is 2. The average Bonchev–Trinajstić information content (AvgIpc) is 3.55. The first kappa shape index (κ1) is 21.7. The van der Waals surface area contributed by atoms with Crippen molar-refractivity contribution >= 4 is 44.7 Å². The van der Waals surface area contributed by atoms with Gasteiger partial charge in [-0.15, -0.1) is 22.7 Å². The number of nitrogens with one attached hydrogen (secondary N) is 1. The van der Waals surface area contributed by atoms with Crippen LogP contribution in [-0.4, -0.2) is 52.6 Å². The number of nitrogens with zero attached hydrogens (tertiary/aromatic N) is 3. The van der Waals surface area contributed by atoms with Crippen molar-refractivity contribution < 1.29 is 14.3 Å². The van der Waals surface area contributed by atoms with Crippen LogP contribution in [0.15, 0.2) is 48.0 Å². The van der Waals surface area contributed by atoms with E-state index in [0.717, 1.165) is 31.2 Å². The van der Waals surface area contributed by atoms with Gasteiger partial charge in [-0.05, 0) is 37.6 Å². The second-order valence-corrected chi connectivity index (χ2v) is 9.94. The molecule has 0 radical (unpaired) electrons. The number of ether oxygens (including phenoxy) is 1. The van der Waals surface area contributed by atoms with Gasteiger partial charge < -0.3 is 15.0 Å². The SMILES string of the molecule is Cc1cccc(-c2sc(C)nc2C(=O)N2CCOC2CNC(=O)c2ccc3ncsc3c2)c1. The Balaban J connectivity index is 1.31. The number of fused-ring (bicyclic) bond motifs is 1. The predicted molar refractivity (Wildman–Crippen MR) is 130 cm³/mol. The van der Waals surface area contributed by atoms with Crippen LogP contribution in [0.4, 0.5) is 0 Å². The molecule has 3 heterocycles. The van der Waals surface area contributed by atoms with Crippen LogP contribution in [-0.2, 0) is 4.74 Å². The first-order valence-corrected chi connectivity index (χ1v) is 12.3. The Labute approximate surface area is 199 Å². The van der Waals surface area contributed by atoms with Gasteiger partial charge in [0.2, 0.25) is 0 Å². The molecule has 0 aliphatic carbocycles. The fourth-order valence-electron chi connectivity index (χ4n) is 3.89. The highest BCUT2D eigenvalue weighted by molar-refractivity contribution is 7.16. The molecular formula is C24H22N4O3S2. The molecule has 9 heteroatoms. The highest BCUT2D eigenvalue weighted by Crippen LogP contribution is 2.32. The number of carbonyl (C=O) groups is 2. The quantitative estimate of drug-likeness (QED) is 0.463. The first-order chi connectivity index (χ1) is 16.0. The van der Waals surface area contributed by atoms with E-state index in [-0.39, 0.29) is 18.4 Å². The molecule has 1 aliphatic heterocycles. The van der Waals surface area contributed by atoms with Crippen LogP contribution < -0.4 is 5.32 Å². The summed E-state index contributed by atoms with van der Waals surface area (Å²) in [5.74, 6) is -0.392. The largest absolute Gasteiger partial charge is 0.355 e. The molecule has 7 nitrogen and oxygen atoms in total. The zero-order valence-corrected chi connectivity index (χ0v) is 19.8. The zero-order valence-electron chi connectivity index (χ0n) is 18.2. The summed E-state index contributed by atoms with van der Waals surface area (Å²) < 4.78 is 6.74. The van der Waals surface area contributed by atoms with E-state index in [1.54, 1.807) is 16.5 Å². The number of hydrogen-bond acceptors (Lipinski definition) is 7. The Bertz CT molecular complexity index is 1350. The van der Waals surface area contributed by atoms with Gasteiger partial charge in [-0.1, -0.05) is 29.8 Å². The summed E-state index contributed by atoms with van der Waals surface area (Å²) in [7, 11) is 0. The van der Waals surface area contributed by atoms with Crippen LogP contribution in [0.2, 0.25) is 0 Å². The van der Waals surface area contributed by atoms with Crippen LogP contribution in [0.5, 0.6) is 0 Å². The molecule has 1 fully saturated rings. The molecule has 33 heavy (non-hydrogen) atoms. The van der Waals surface area contributed by atoms with E-state index in [0.29, 0.717) is 24.4 Å². The second-order valence-electron chi connectivity index (χ2n) is 7.85. The molecule has 1 saturated heterocycles. The van der Waals surface area contributed by atoms with Crippen LogP contribution in [0.25, 0.3) is 20.7 Å². The molecule has 2 aromatic heterocycles. The van der Waals surface area contributed by atoms with Crippen molar-refractivity contribution in [2.45, 2.75) is 20.1 Å². The van der Waals surface area contributed by atoms with Crippen LogP contribution in [0.3, 0.4) is 0 Å². The van der Waals surface area contributed by atoms with Crippen LogP contribution >= 0.6 is 22.7 Å². The standard InChI is InChI=1S/C24H22N4O3S2/c1-14-4-3-5-16(10-14)22-21(27-15(2)33-22)24(30)28-8-9-31-20(28)12-25-23(29)17-6-7-18-19(11-17)32-13-26-18/h3-7,10-11,13,20H,8-9,12H2,1-2H3,(H,25,29). The van der Waals surface area contributed by atoms with Crippen molar-refractivity contribution in [3.8, 4) is 10.4 Å². The van der Waals surface area contributed by atoms with E-state index >= 15 is 0 Å². The minimum absolute atomic E-state index is 0.182. The van der Waals surface area contributed by atoms with Gasteiger partial charge in [-0.25, -0.2) is 9.97 Å². The van der Waals surface area contributed by atoms with E-state index in [2.05, 4.69) is 21.4 Å². The van der Waals surface area contributed by atoms with Gasteiger partial charge in [-0.3, -0.25) is 9.59 Å². The molecule has 1 aliphatic rings. The summed E-state index contributed by atoms with van der Waals surface area (Å²) in [5.41, 5.74) is 5.72. The van der Waals surface area contributed by atoms with Crippen molar-refractivity contribution in [1.82, 2.24) is 20.2 Å². The van der Waals surface area contributed by atoms with E-state index < -0.39 is 6.23 Å². The van der Waals surface area contributed by atoms with Gasteiger partial charge >= 0.3 is 0 Å². The number of carbonyl (C=O) groups excluding carboxylic acids is 2. The number of hydrogen-bond donors (Lipinski definition) is 1. The molecule has 0 saturated carbocycles. The lowest BCUT2D eigenvalue weighted by Gasteiger charge is -2.23. The molecule has 0 spiro atoms. The molecule has 1 N–H and O–H groups in total. The fourth-order valence-corrected chi connectivity index (χ4v) is 5.51. The Morgan fingerprint density at radius 3 is 2.94 bits per heavy atom. The molecule has 5 rings (SSSR count). The Hall–Kier alpha value is -3.14. The lowest BCUT2D eigenvalue weighted by atomic mass is 10.1. The highest BCUT2D eigenvalue weighted by atomic mass is 32.1. The molecule has 2 aromatic carbocycles. The van der Waals surface area contributed by atoms with Crippen molar-refractivity contribution in [3.63, 3.8) is 0 Å². The van der Waals surface area contributed by atoms with Gasteiger partial charge in [0, 0.05) is 12.1 Å². The number of amides is 2. The van der Waals surface area contributed by atoms with Gasteiger partial charge in [0.15, 0.2) is 0 Å². The van der Waals surface area contributed by atoms with E-state index in [4.69, 9.17) is 4.74 Å². The normalized spacial score (nSPS) is 15.8. The molecular weight excluding hydrogens is 456 g/mol. The maximum absolute atomic E-state index is 13.5. The second kappa shape index (κ2) is 9.01. The summed E-state index contributed by atoms with van der Waals surface area (Å²) in [5, 5.41) is 3.73. The summed E-state index contributed by atoms with van der Waals surface area (Å²) in [6, 6.07) is 13.5. The lowest BCUT2D eigenvalue weighted by Crippen LogP contribution is -2.44. The highest BCUT2D eigenvalue weighted by Gasteiger charge is 2.33. The Morgan fingerprint density at radius 1 is 1.21 bits per heavy atom. The van der Waals surface area contributed by atoms with Crippen LogP contribution in [0.1, 0.15) is 31.4 Å². The first-order valence-electron chi connectivity index (χ1n) is 10.6. The minimum atomic E-state index is -0.541. The minimum Gasteiger partial charge on any atom is -0.355 e. The monoisotopic (exact) mass is 478 g/mol. The van der Waals surface area contributed by atoms with Crippen molar-refractivity contribution in [2.75, 3.05) is 19.7 Å². The number of aryl methyl sites for hydroxylation is 2. The van der Waals surface area contributed by atoms with Gasteiger partial charge in [0.1, 0.15) is 11.9 Å². The van der Waals surface area contributed by atoms with Crippen molar-refractivity contribution in [3.05, 3.63) is 69.8 Å². The van der Waals surface area contributed by atoms with E-state index in [9.17, 15) is 9.59 Å². The van der Waals surface area contributed by atoms with Crippen molar-refractivity contribution in [1.29, 1.82) is 0 Å². The number of aromatic nitrogens is 2. The van der Waals surface area contributed by atoms with Crippen LogP contribution in [0, 0.1) is 13.8 Å². The van der Waals surface area contributed by atoms with E-state index in [1.807, 2.05) is 44.2 Å². The molecule has 1 atom stereocenters. The zero-order chi connectivity index (χ0) is 22.9. The van der Waals surface area contributed by atoms with Gasteiger partial charge in [0.05, 0.1) is 38.8 Å². The third kappa shape index (κ3) is 4.39. The topological polar surface area (TPSA) is 84.4 Å². The molecule has 2 amide bonds. The summed E-state index contributed by atoms with van der Waals surface area (Å²) in [6.45, 7) is 5.00. The molecule has 0 bridgehead atoms. The summed E-state index contributed by atoms with van der Waals surface area (Å²) >= 11 is 3.00. The molecule has 168 valence electrons. The van der Waals surface area contributed by atoms with E-state index in [1.165, 1.54) is 22.7 Å². The Morgan fingerprint density at radius 2 is 2.09 bits per heavy atom. The molecule has 1 unspecified atom stereocenters. The summed E-state index contributed by atoms with van der Waals surface area (Å²) in [6.07, 6.45) is -0.541. The maximum Gasteiger partial charge on any atom is 0.276 e. The number of rotatable bonds is 5. The van der Waals surface area contributed by atoms with Gasteiger partial charge in [-0.2, -0.15) is 0 Å². The fraction of sp³-hybridized carbons (Fsp3) is 0.250. The maximum atomic E-state index is 13.5. The third-order valence-electron chi connectivity index (χ3n) is 5.50. The summed E-state index contributed by atoms with van der Waals surface area (Å²) in [4.78, 5) is 37.4. The molecule has 4 aromatic rings.